The normalized spacial score (nSPS) is 21.6. The Balaban J connectivity index is 1.04. The Kier molecular flexibility index (Phi) is 19.9. The number of para-hydroxylation sites is 1. The fourth-order valence-corrected chi connectivity index (χ4v) is 9.92. The van der Waals surface area contributed by atoms with E-state index in [1.54, 1.807) is 50.2 Å². The van der Waals surface area contributed by atoms with Crippen molar-refractivity contribution in [1.29, 1.82) is 5.26 Å². The van der Waals surface area contributed by atoms with Gasteiger partial charge in [0.05, 0.1) is 37.1 Å². The standard InChI is InChI=1S/C49H69ClN5O9P/c1-4-5-6-7-8-9-10-11-12-13-14-15-16-17-18-24-31-57-33-39(58-32-38-25-20-19-21-26-38)34-59-65(56,64-42-28-23-22-27-40(42)50)60-35-43-45-46(63-48(2,3)62-45)49(36-51,61-43)44-30-29-41-47(52)53-37-54-55(41)44/h19-23,25-30,37,39,43,45-46H,4-18,24,31-35H2,1-3H3,(H2,52,53,54)/t39-,43-,45-,46-,49+,65?/m1/s1. The van der Waals surface area contributed by atoms with Crippen LogP contribution in [0.2, 0.25) is 5.02 Å². The second-order valence-corrected chi connectivity index (χ2v) is 19.5. The van der Waals surface area contributed by atoms with Crippen molar-refractivity contribution in [3.63, 3.8) is 0 Å². The molecule has 1 unspecified atom stereocenters. The van der Waals surface area contributed by atoms with Crippen LogP contribution in [0.15, 0.2) is 73.1 Å². The number of nitriles is 1. The second kappa shape index (κ2) is 25.5. The fraction of sp³-hybridized carbons (Fsp3) is 0.612. The highest BCUT2D eigenvalue weighted by Gasteiger charge is 2.65. The molecule has 0 aliphatic carbocycles. The third-order valence-corrected chi connectivity index (χ3v) is 13.6. The number of rotatable bonds is 31. The van der Waals surface area contributed by atoms with E-state index >= 15 is 0 Å². The molecule has 16 heteroatoms. The number of unbranched alkanes of at least 4 members (excludes halogenated alkanes) is 15. The summed E-state index contributed by atoms with van der Waals surface area (Å²) in [7, 11) is -4.49. The van der Waals surface area contributed by atoms with E-state index in [-0.39, 0.29) is 43.0 Å². The minimum absolute atomic E-state index is 0.0918. The van der Waals surface area contributed by atoms with E-state index in [0.717, 1.165) is 18.4 Å². The van der Waals surface area contributed by atoms with Crippen LogP contribution in [-0.2, 0) is 49.5 Å². The second-order valence-electron chi connectivity index (χ2n) is 17.5. The Morgan fingerprint density at radius 1 is 0.831 bits per heavy atom. The first-order valence-electron chi connectivity index (χ1n) is 23.7. The van der Waals surface area contributed by atoms with Crippen LogP contribution in [0.1, 0.15) is 135 Å². The Bertz CT molecular complexity index is 2120. The summed E-state index contributed by atoms with van der Waals surface area (Å²) >= 11 is 6.48. The number of hydrogen-bond acceptors (Lipinski definition) is 13. The molecular weight excluding hydrogens is 869 g/mol. The summed E-state index contributed by atoms with van der Waals surface area (Å²) in [5.41, 5.74) is 6.20. The van der Waals surface area contributed by atoms with Gasteiger partial charge in [-0.2, -0.15) is 10.4 Å². The van der Waals surface area contributed by atoms with Crippen molar-refractivity contribution in [2.24, 2.45) is 0 Å². The van der Waals surface area contributed by atoms with Gasteiger partial charge >= 0.3 is 7.82 Å². The summed E-state index contributed by atoms with van der Waals surface area (Å²) in [6.45, 7) is 6.22. The van der Waals surface area contributed by atoms with Crippen molar-refractivity contribution in [3.05, 3.63) is 89.3 Å². The van der Waals surface area contributed by atoms with Crippen LogP contribution in [-0.4, -0.2) is 71.2 Å². The molecule has 14 nitrogen and oxygen atoms in total. The summed E-state index contributed by atoms with van der Waals surface area (Å²) < 4.78 is 66.0. The molecule has 356 valence electrons. The minimum Gasteiger partial charge on any atom is -0.402 e. The van der Waals surface area contributed by atoms with Crippen LogP contribution in [0.4, 0.5) is 5.82 Å². The van der Waals surface area contributed by atoms with Gasteiger partial charge in [-0.05, 0) is 50.1 Å². The molecule has 0 radical (unpaired) electrons. The van der Waals surface area contributed by atoms with E-state index in [2.05, 4.69) is 23.1 Å². The molecule has 0 spiro atoms. The Hall–Kier alpha value is -3.61. The summed E-state index contributed by atoms with van der Waals surface area (Å²) in [5.74, 6) is -0.775. The molecule has 2 fully saturated rings. The molecule has 2 aliphatic heterocycles. The molecule has 0 saturated carbocycles. The monoisotopic (exact) mass is 937 g/mol. The number of fused-ring (bicyclic) bond motifs is 2. The zero-order chi connectivity index (χ0) is 46.0. The number of anilines is 1. The number of nitrogens with zero attached hydrogens (tertiary/aromatic N) is 4. The van der Waals surface area contributed by atoms with Gasteiger partial charge in [-0.15, -0.1) is 0 Å². The van der Waals surface area contributed by atoms with Gasteiger partial charge in [-0.1, -0.05) is 157 Å². The van der Waals surface area contributed by atoms with Crippen LogP contribution in [0, 0.1) is 11.3 Å². The molecule has 4 heterocycles. The van der Waals surface area contributed by atoms with E-state index in [1.807, 2.05) is 30.3 Å². The largest absolute Gasteiger partial charge is 0.530 e. The van der Waals surface area contributed by atoms with Gasteiger partial charge in [0, 0.05) is 6.61 Å². The Morgan fingerprint density at radius 3 is 2.14 bits per heavy atom. The Morgan fingerprint density at radius 2 is 1.48 bits per heavy atom. The molecule has 0 amide bonds. The zero-order valence-electron chi connectivity index (χ0n) is 38.5. The number of benzene rings is 2. The number of nitrogens with two attached hydrogens (primary N) is 1. The number of nitrogen functional groups attached to an aromatic ring is 1. The van der Waals surface area contributed by atoms with Gasteiger partial charge in [0.25, 0.3) is 0 Å². The number of aromatic nitrogens is 3. The lowest BCUT2D eigenvalue weighted by Gasteiger charge is -2.29. The molecule has 65 heavy (non-hydrogen) atoms. The third kappa shape index (κ3) is 14.7. The summed E-state index contributed by atoms with van der Waals surface area (Å²) in [6, 6.07) is 22.1. The molecule has 2 N–H and O–H groups in total. The molecule has 6 atom stereocenters. The predicted molar refractivity (Wildman–Crippen MR) is 250 cm³/mol. The van der Waals surface area contributed by atoms with Crippen molar-refractivity contribution < 1.29 is 41.8 Å². The predicted octanol–water partition coefficient (Wildman–Crippen LogP) is 11.7. The maximum absolute atomic E-state index is 14.8. The number of ether oxygens (including phenoxy) is 5. The van der Waals surface area contributed by atoms with Gasteiger partial charge in [0.15, 0.2) is 11.6 Å². The average molecular weight is 939 g/mol. The van der Waals surface area contributed by atoms with E-state index in [1.165, 1.54) is 101 Å². The van der Waals surface area contributed by atoms with Crippen LogP contribution in [0.3, 0.4) is 0 Å². The fourth-order valence-electron chi connectivity index (χ4n) is 8.43. The van der Waals surface area contributed by atoms with Gasteiger partial charge in [-0.25, -0.2) is 14.1 Å². The molecule has 2 saturated heterocycles. The summed E-state index contributed by atoms with van der Waals surface area (Å²) in [5, 5.41) is 15.4. The van der Waals surface area contributed by atoms with Gasteiger partial charge in [0.2, 0.25) is 5.60 Å². The maximum Gasteiger partial charge on any atom is 0.530 e. The highest BCUT2D eigenvalue weighted by atomic mass is 35.5. The number of phosphoric ester groups is 1. The lowest BCUT2D eigenvalue weighted by atomic mass is 9.92. The topological polar surface area (TPSA) is 171 Å². The maximum atomic E-state index is 14.8. The highest BCUT2D eigenvalue weighted by molar-refractivity contribution is 7.48. The zero-order valence-corrected chi connectivity index (χ0v) is 40.1. The molecule has 0 bridgehead atoms. The van der Waals surface area contributed by atoms with Crippen LogP contribution >= 0.6 is 19.4 Å². The van der Waals surface area contributed by atoms with Crippen LogP contribution in [0.25, 0.3) is 5.52 Å². The first kappa shape index (κ1) is 50.8. The molecule has 4 aromatic rings. The van der Waals surface area contributed by atoms with Crippen molar-refractivity contribution >= 4 is 30.8 Å². The van der Waals surface area contributed by atoms with Gasteiger partial charge in [-0.3, -0.25) is 9.05 Å². The van der Waals surface area contributed by atoms with E-state index < -0.39 is 43.6 Å². The lowest BCUT2D eigenvalue weighted by Crippen LogP contribution is -2.40. The molecule has 6 rings (SSSR count). The summed E-state index contributed by atoms with van der Waals surface area (Å²) in [6.07, 6.45) is 18.7. The highest BCUT2D eigenvalue weighted by Crippen LogP contribution is 2.54. The van der Waals surface area contributed by atoms with Crippen molar-refractivity contribution in [2.45, 2.75) is 166 Å². The van der Waals surface area contributed by atoms with E-state index in [9.17, 15) is 9.83 Å². The van der Waals surface area contributed by atoms with E-state index in [4.69, 9.17) is 54.6 Å². The van der Waals surface area contributed by atoms with Crippen molar-refractivity contribution in [3.8, 4) is 11.8 Å². The first-order valence-corrected chi connectivity index (χ1v) is 25.5. The smallest absolute Gasteiger partial charge is 0.402 e. The Labute approximate surface area is 390 Å². The number of phosphoric acid groups is 1. The average Bonchev–Trinajstić information content (AvgIpc) is 3.97. The van der Waals surface area contributed by atoms with E-state index in [0.29, 0.717) is 17.8 Å². The quantitative estimate of drug-likeness (QED) is 0.0374. The van der Waals surface area contributed by atoms with Crippen LogP contribution < -0.4 is 10.3 Å². The third-order valence-electron chi connectivity index (χ3n) is 11.9. The van der Waals surface area contributed by atoms with Crippen molar-refractivity contribution in [1.82, 2.24) is 14.6 Å². The van der Waals surface area contributed by atoms with Crippen molar-refractivity contribution in [2.75, 3.05) is 32.2 Å². The minimum atomic E-state index is -4.49. The summed E-state index contributed by atoms with van der Waals surface area (Å²) in [4.78, 5) is 4.07. The van der Waals surface area contributed by atoms with Crippen LogP contribution in [0.5, 0.6) is 5.75 Å². The molecule has 2 aliphatic rings. The lowest BCUT2D eigenvalue weighted by molar-refractivity contribution is -0.204. The molecular formula is C49H69ClN5O9P. The van der Waals surface area contributed by atoms with Gasteiger partial charge < -0.3 is 33.9 Å². The number of hydrogen-bond donors (Lipinski definition) is 1. The SMILES string of the molecule is CCCCCCCCCCCCCCCCCCOC[C@H](COP(=O)(OC[C@H]1O[C@@](C#N)(c2ccc3c(N)ncnn23)[C@@H]2OC(C)(C)O[C@@H]21)Oc1ccccc1Cl)OCc1ccccc1. The first-order chi connectivity index (χ1) is 31.6. The number of halogens is 1. The molecule has 2 aromatic carbocycles. The van der Waals surface area contributed by atoms with Gasteiger partial charge in [0.1, 0.15) is 48.1 Å². The molecule has 2 aromatic heterocycles.